The number of thioether (sulfide) groups is 1. The van der Waals surface area contributed by atoms with Gasteiger partial charge in [-0.05, 0) is 25.0 Å². The average Bonchev–Trinajstić information content (AvgIpc) is 3.00. The van der Waals surface area contributed by atoms with Crippen molar-refractivity contribution in [3.8, 4) is 17.5 Å². The fraction of sp³-hybridized carbons (Fsp3) is 0.286. The van der Waals surface area contributed by atoms with Gasteiger partial charge in [0, 0.05) is 12.2 Å². The van der Waals surface area contributed by atoms with Gasteiger partial charge in [0.05, 0.1) is 6.26 Å². The van der Waals surface area contributed by atoms with Gasteiger partial charge in [0.1, 0.15) is 17.3 Å². The van der Waals surface area contributed by atoms with Crippen LogP contribution in [0.1, 0.15) is 24.8 Å². The molecule has 0 spiro atoms. The minimum Gasteiger partial charge on any atom is -0.481 e. The molecule has 0 radical (unpaired) electrons. The Hall–Kier alpha value is -2.53. The Morgan fingerprint density at radius 2 is 2.32 bits per heavy atom. The van der Waals surface area contributed by atoms with E-state index in [0.717, 1.165) is 0 Å². The lowest BCUT2D eigenvalue weighted by Gasteiger charge is -2.04. The van der Waals surface area contributed by atoms with E-state index in [1.54, 1.807) is 12.1 Å². The Labute approximate surface area is 130 Å². The Bertz CT molecular complexity index is 746. The molecule has 22 heavy (non-hydrogen) atoms. The van der Waals surface area contributed by atoms with Gasteiger partial charge in [0.2, 0.25) is 0 Å². The molecule has 2 aromatic heterocycles. The molecule has 0 atom stereocenters. The highest BCUT2D eigenvalue weighted by atomic mass is 32.2. The summed E-state index contributed by atoms with van der Waals surface area (Å²) in [4.78, 5) is 29.1. The molecular formula is C14H13N3O4S. The zero-order valence-corrected chi connectivity index (χ0v) is 12.4. The minimum atomic E-state index is -0.824. The van der Waals surface area contributed by atoms with Crippen molar-refractivity contribution in [1.82, 2.24) is 9.97 Å². The summed E-state index contributed by atoms with van der Waals surface area (Å²) in [5, 5.41) is 18.0. The number of aliphatic carboxylic acids is 1. The highest BCUT2D eigenvalue weighted by molar-refractivity contribution is 7.99. The van der Waals surface area contributed by atoms with Gasteiger partial charge in [0.15, 0.2) is 10.9 Å². The quantitative estimate of drug-likeness (QED) is 0.456. The number of nitriles is 1. The van der Waals surface area contributed by atoms with Gasteiger partial charge in [0.25, 0.3) is 5.56 Å². The van der Waals surface area contributed by atoms with Crippen LogP contribution in [0.3, 0.4) is 0 Å². The second kappa shape index (κ2) is 7.47. The Balaban J connectivity index is 2.12. The second-order valence-corrected chi connectivity index (χ2v) is 5.47. The van der Waals surface area contributed by atoms with Crippen molar-refractivity contribution in [2.45, 2.75) is 24.4 Å². The van der Waals surface area contributed by atoms with E-state index in [-0.39, 0.29) is 17.7 Å². The van der Waals surface area contributed by atoms with Crippen molar-refractivity contribution < 1.29 is 14.3 Å². The van der Waals surface area contributed by atoms with Crippen LogP contribution in [-0.2, 0) is 4.79 Å². The smallest absolute Gasteiger partial charge is 0.303 e. The first-order valence-electron chi connectivity index (χ1n) is 6.54. The van der Waals surface area contributed by atoms with Crippen LogP contribution in [0.5, 0.6) is 0 Å². The van der Waals surface area contributed by atoms with E-state index >= 15 is 0 Å². The van der Waals surface area contributed by atoms with E-state index in [4.69, 9.17) is 14.8 Å². The van der Waals surface area contributed by atoms with Crippen LogP contribution in [-0.4, -0.2) is 26.8 Å². The summed E-state index contributed by atoms with van der Waals surface area (Å²) in [6.07, 6.45) is 2.82. The van der Waals surface area contributed by atoms with E-state index in [2.05, 4.69) is 9.97 Å². The zero-order valence-electron chi connectivity index (χ0n) is 11.5. The van der Waals surface area contributed by atoms with Gasteiger partial charge in [-0.1, -0.05) is 11.8 Å². The molecule has 0 aliphatic rings. The van der Waals surface area contributed by atoms with Crippen LogP contribution < -0.4 is 5.56 Å². The SMILES string of the molecule is N#Cc1c(-c2ccco2)nc(SCCCCC(=O)O)[nH]c1=O. The van der Waals surface area contributed by atoms with Crippen LogP contribution in [0, 0.1) is 11.3 Å². The van der Waals surface area contributed by atoms with E-state index in [9.17, 15) is 9.59 Å². The van der Waals surface area contributed by atoms with Gasteiger partial charge in [-0.2, -0.15) is 5.26 Å². The summed E-state index contributed by atoms with van der Waals surface area (Å²) in [6, 6.07) is 5.11. The number of aromatic nitrogens is 2. The maximum atomic E-state index is 11.9. The standard InChI is InChI=1S/C14H13N3O4S/c15-8-9-12(10-4-3-6-21-10)16-14(17-13(9)20)22-7-2-1-5-11(18)19/h3-4,6H,1-2,5,7H2,(H,18,19)(H,16,17,20). The van der Waals surface area contributed by atoms with Crippen LogP contribution in [0.4, 0.5) is 0 Å². The molecule has 2 heterocycles. The Morgan fingerprint density at radius 1 is 1.50 bits per heavy atom. The number of nitrogens with zero attached hydrogens (tertiary/aromatic N) is 2. The number of aromatic amines is 1. The van der Waals surface area contributed by atoms with E-state index < -0.39 is 11.5 Å². The molecule has 2 aromatic rings. The van der Waals surface area contributed by atoms with Crippen LogP contribution in [0.25, 0.3) is 11.5 Å². The Morgan fingerprint density at radius 3 is 2.95 bits per heavy atom. The molecule has 0 amide bonds. The van der Waals surface area contributed by atoms with Gasteiger partial charge in [-0.25, -0.2) is 4.98 Å². The van der Waals surface area contributed by atoms with Crippen LogP contribution in [0.15, 0.2) is 32.8 Å². The normalized spacial score (nSPS) is 10.3. The topological polar surface area (TPSA) is 120 Å². The maximum absolute atomic E-state index is 11.9. The lowest BCUT2D eigenvalue weighted by atomic mass is 10.2. The van der Waals surface area contributed by atoms with Gasteiger partial charge >= 0.3 is 5.97 Å². The first kappa shape index (κ1) is 15.9. The number of furan rings is 1. The molecule has 2 N–H and O–H groups in total. The molecule has 114 valence electrons. The van der Waals surface area contributed by atoms with Gasteiger partial charge in [-0.15, -0.1) is 0 Å². The molecule has 0 saturated heterocycles. The molecule has 7 nitrogen and oxygen atoms in total. The van der Waals surface area contributed by atoms with E-state index in [1.165, 1.54) is 18.0 Å². The predicted molar refractivity (Wildman–Crippen MR) is 79.5 cm³/mol. The highest BCUT2D eigenvalue weighted by Crippen LogP contribution is 2.22. The number of unbranched alkanes of at least 4 members (excludes halogenated alkanes) is 1. The fourth-order valence-electron chi connectivity index (χ4n) is 1.76. The number of carboxylic acids is 1. The van der Waals surface area contributed by atoms with Crippen LogP contribution in [0.2, 0.25) is 0 Å². The predicted octanol–water partition coefficient (Wildman–Crippen LogP) is 2.25. The average molecular weight is 319 g/mol. The molecule has 2 rings (SSSR count). The number of nitrogens with one attached hydrogen (secondary N) is 1. The first-order chi connectivity index (χ1) is 10.6. The zero-order chi connectivity index (χ0) is 15.9. The van der Waals surface area contributed by atoms with Crippen molar-refractivity contribution in [3.63, 3.8) is 0 Å². The molecule has 0 saturated carbocycles. The summed E-state index contributed by atoms with van der Waals surface area (Å²) in [5.74, 6) is 0.157. The van der Waals surface area contributed by atoms with E-state index in [0.29, 0.717) is 29.5 Å². The Kier molecular flexibility index (Phi) is 5.38. The van der Waals surface area contributed by atoms with Crippen molar-refractivity contribution in [1.29, 1.82) is 5.26 Å². The number of carboxylic acid groups (broad SMARTS) is 1. The summed E-state index contributed by atoms with van der Waals surface area (Å²) in [6.45, 7) is 0. The molecule has 0 aromatic carbocycles. The monoisotopic (exact) mass is 319 g/mol. The van der Waals surface area contributed by atoms with Gasteiger partial charge < -0.3 is 14.5 Å². The number of H-pyrrole nitrogens is 1. The largest absolute Gasteiger partial charge is 0.481 e. The van der Waals surface area contributed by atoms with Gasteiger partial charge in [-0.3, -0.25) is 9.59 Å². The summed E-state index contributed by atoms with van der Waals surface area (Å²) in [7, 11) is 0. The van der Waals surface area contributed by atoms with E-state index in [1.807, 2.05) is 6.07 Å². The lowest BCUT2D eigenvalue weighted by molar-refractivity contribution is -0.137. The van der Waals surface area contributed by atoms with Crippen LogP contribution >= 0.6 is 11.8 Å². The first-order valence-corrected chi connectivity index (χ1v) is 7.53. The molecule has 0 aliphatic heterocycles. The third kappa shape index (κ3) is 3.99. The number of hydrogen-bond acceptors (Lipinski definition) is 6. The summed E-state index contributed by atoms with van der Waals surface area (Å²) < 4.78 is 5.20. The number of carbonyl (C=O) groups is 1. The molecule has 0 bridgehead atoms. The third-order valence-electron chi connectivity index (χ3n) is 2.79. The van der Waals surface area contributed by atoms with Crippen molar-refractivity contribution in [2.24, 2.45) is 0 Å². The molecule has 0 unspecified atom stereocenters. The molecule has 8 heteroatoms. The summed E-state index contributed by atoms with van der Waals surface area (Å²) >= 11 is 1.31. The second-order valence-electron chi connectivity index (χ2n) is 4.38. The maximum Gasteiger partial charge on any atom is 0.303 e. The number of rotatable bonds is 7. The molecular weight excluding hydrogens is 306 g/mol. The highest BCUT2D eigenvalue weighted by Gasteiger charge is 2.15. The summed E-state index contributed by atoms with van der Waals surface area (Å²) in [5.41, 5.74) is -0.397. The number of hydrogen-bond donors (Lipinski definition) is 2. The lowest BCUT2D eigenvalue weighted by Crippen LogP contribution is -2.14. The van der Waals surface area contributed by atoms with Crippen molar-refractivity contribution in [3.05, 3.63) is 34.3 Å². The fourth-order valence-corrected chi connectivity index (χ4v) is 2.63. The third-order valence-corrected chi connectivity index (χ3v) is 3.75. The van der Waals surface area contributed by atoms with Crippen molar-refractivity contribution >= 4 is 17.7 Å². The molecule has 0 aliphatic carbocycles. The van der Waals surface area contributed by atoms with Crippen molar-refractivity contribution in [2.75, 3.05) is 5.75 Å². The molecule has 0 fully saturated rings. The minimum absolute atomic E-state index is 0.0924.